The Morgan fingerprint density at radius 2 is 1.46 bits per heavy atom. The van der Waals surface area contributed by atoms with Crippen LogP contribution in [-0.4, -0.2) is 6.54 Å². The molecule has 0 saturated carbocycles. The van der Waals surface area contributed by atoms with Crippen molar-refractivity contribution in [3.05, 3.63) is 97.4 Å². The quantitative estimate of drug-likeness (QED) is 0.363. The van der Waals surface area contributed by atoms with Crippen LogP contribution in [0.25, 0.3) is 0 Å². The van der Waals surface area contributed by atoms with Crippen LogP contribution < -0.4 is 10.1 Å². The van der Waals surface area contributed by atoms with Crippen molar-refractivity contribution in [3.8, 4) is 5.75 Å². The van der Waals surface area contributed by atoms with E-state index in [1.165, 1.54) is 0 Å². The molecule has 0 spiro atoms. The molecular weight excluding hydrogens is 436 g/mol. The zero-order chi connectivity index (χ0) is 19.9. The highest BCUT2D eigenvalue weighted by Gasteiger charge is 2.07. The molecule has 0 aromatic heterocycles. The van der Waals surface area contributed by atoms with Gasteiger partial charge in [0, 0.05) is 37.8 Å². The van der Waals surface area contributed by atoms with Gasteiger partial charge in [-0.25, -0.2) is 0 Å². The molecule has 28 heavy (non-hydrogen) atoms. The van der Waals surface area contributed by atoms with Crippen LogP contribution in [0.4, 0.5) is 0 Å². The van der Waals surface area contributed by atoms with E-state index in [2.05, 4.69) is 5.32 Å². The van der Waals surface area contributed by atoms with Gasteiger partial charge in [-0.1, -0.05) is 70.7 Å². The zero-order valence-corrected chi connectivity index (χ0v) is 18.0. The molecule has 0 heterocycles. The number of hydrogen-bond donors (Lipinski definition) is 1. The second kappa shape index (κ2) is 10.4. The minimum Gasteiger partial charge on any atom is -0.489 e. The van der Waals surface area contributed by atoms with E-state index >= 15 is 0 Å². The summed E-state index contributed by atoms with van der Waals surface area (Å²) in [6, 6.07) is 18.8. The molecule has 0 aliphatic rings. The van der Waals surface area contributed by atoms with Gasteiger partial charge >= 0.3 is 0 Å². The Kier molecular flexibility index (Phi) is 7.90. The fraction of sp³-hybridized carbons (Fsp3) is 0.182. The van der Waals surface area contributed by atoms with E-state index in [9.17, 15) is 0 Å². The van der Waals surface area contributed by atoms with Gasteiger partial charge in [-0.15, -0.1) is 0 Å². The third-order valence-corrected chi connectivity index (χ3v) is 5.46. The molecule has 1 N–H and O–H groups in total. The van der Waals surface area contributed by atoms with Crippen molar-refractivity contribution in [3.63, 3.8) is 0 Å². The lowest BCUT2D eigenvalue weighted by Crippen LogP contribution is -2.17. The normalized spacial score (nSPS) is 10.9. The molecule has 0 amide bonds. The molecule has 146 valence electrons. The molecule has 6 heteroatoms. The van der Waals surface area contributed by atoms with Crippen molar-refractivity contribution in [2.24, 2.45) is 0 Å². The summed E-state index contributed by atoms with van der Waals surface area (Å²) in [7, 11) is 0. The van der Waals surface area contributed by atoms with Gasteiger partial charge in [-0.3, -0.25) is 0 Å². The first-order valence-corrected chi connectivity index (χ1v) is 10.3. The molecule has 0 radical (unpaired) electrons. The van der Waals surface area contributed by atoms with E-state index in [-0.39, 0.29) is 0 Å². The molecule has 3 aromatic carbocycles. The van der Waals surface area contributed by atoms with Gasteiger partial charge in [0.05, 0.1) is 0 Å². The van der Waals surface area contributed by atoms with Crippen molar-refractivity contribution in [2.45, 2.75) is 19.6 Å². The maximum Gasteiger partial charge on any atom is 0.124 e. The Bertz CT molecular complexity index is 946. The van der Waals surface area contributed by atoms with Crippen molar-refractivity contribution in [2.75, 3.05) is 6.54 Å². The third-order valence-electron chi connectivity index (χ3n) is 4.27. The van der Waals surface area contributed by atoms with Gasteiger partial charge < -0.3 is 10.1 Å². The lowest BCUT2D eigenvalue weighted by atomic mass is 10.1. The Labute approximate surface area is 185 Å². The van der Waals surface area contributed by atoms with Gasteiger partial charge in [0.2, 0.25) is 0 Å². The maximum atomic E-state index is 6.22. The summed E-state index contributed by atoms with van der Waals surface area (Å²) in [6.45, 7) is 1.79. The van der Waals surface area contributed by atoms with Gasteiger partial charge in [0.1, 0.15) is 12.4 Å². The monoisotopic (exact) mass is 453 g/mol. The highest BCUT2D eigenvalue weighted by atomic mass is 35.5. The molecule has 0 atom stereocenters. The van der Waals surface area contributed by atoms with E-state index in [0.29, 0.717) is 33.2 Å². The smallest absolute Gasteiger partial charge is 0.124 e. The number of nitrogens with one attached hydrogen (secondary N) is 1. The summed E-state index contributed by atoms with van der Waals surface area (Å²) >= 11 is 24.5. The average Bonchev–Trinajstić information content (AvgIpc) is 2.67. The molecule has 0 aliphatic carbocycles. The minimum absolute atomic E-state index is 0.398. The average molecular weight is 455 g/mol. The topological polar surface area (TPSA) is 21.3 Å². The fourth-order valence-corrected chi connectivity index (χ4v) is 3.66. The molecule has 3 aromatic rings. The summed E-state index contributed by atoms with van der Waals surface area (Å²) in [5, 5.41) is 6.09. The van der Waals surface area contributed by atoms with Crippen LogP contribution in [0.5, 0.6) is 5.75 Å². The van der Waals surface area contributed by atoms with Gasteiger partial charge in [-0.05, 0) is 54.9 Å². The lowest BCUT2D eigenvalue weighted by Gasteiger charge is -2.14. The Balaban J connectivity index is 1.58. The molecule has 0 aliphatic heterocycles. The second-order valence-corrected chi connectivity index (χ2v) is 7.98. The van der Waals surface area contributed by atoms with Gasteiger partial charge in [-0.2, -0.15) is 0 Å². The third kappa shape index (κ3) is 6.04. The second-order valence-electron chi connectivity index (χ2n) is 6.29. The summed E-state index contributed by atoms with van der Waals surface area (Å²) in [4.78, 5) is 0. The van der Waals surface area contributed by atoms with Crippen molar-refractivity contribution in [1.29, 1.82) is 0 Å². The first-order valence-electron chi connectivity index (χ1n) is 8.82. The molecule has 0 unspecified atom stereocenters. The van der Waals surface area contributed by atoms with Crippen LogP contribution in [0, 0.1) is 0 Å². The predicted octanol–water partition coefficient (Wildman–Crippen LogP) is 7.21. The van der Waals surface area contributed by atoms with E-state index < -0.39 is 0 Å². The first kappa shape index (κ1) is 21.3. The number of hydrogen-bond acceptors (Lipinski definition) is 2. The highest BCUT2D eigenvalue weighted by Crippen LogP contribution is 2.25. The number of halogens is 4. The van der Waals surface area contributed by atoms with Crippen LogP contribution in [0.1, 0.15) is 16.7 Å². The van der Waals surface area contributed by atoms with E-state index in [4.69, 9.17) is 51.1 Å². The van der Waals surface area contributed by atoms with E-state index in [0.717, 1.165) is 35.4 Å². The molecule has 2 nitrogen and oxygen atoms in total. The molecular formula is C22H19Cl4NO. The highest BCUT2D eigenvalue weighted by molar-refractivity contribution is 6.35. The lowest BCUT2D eigenvalue weighted by molar-refractivity contribution is 0.302. The number of benzene rings is 3. The SMILES string of the molecule is Clc1ccc(CCNCc2cc(Cl)ccc2OCc2ccccc2Cl)c(Cl)c1. The number of rotatable bonds is 8. The van der Waals surface area contributed by atoms with Crippen LogP contribution in [-0.2, 0) is 19.6 Å². The molecule has 0 saturated heterocycles. The summed E-state index contributed by atoms with van der Waals surface area (Å²) in [6.07, 6.45) is 0.798. The summed E-state index contributed by atoms with van der Waals surface area (Å²) < 4.78 is 5.99. The molecule has 3 rings (SSSR count). The Morgan fingerprint density at radius 1 is 0.714 bits per heavy atom. The molecule has 0 fully saturated rings. The van der Waals surface area contributed by atoms with Gasteiger partial charge in [0.15, 0.2) is 0 Å². The summed E-state index contributed by atoms with van der Waals surface area (Å²) in [5.74, 6) is 0.779. The van der Waals surface area contributed by atoms with Crippen LogP contribution in [0.15, 0.2) is 60.7 Å². The maximum absolute atomic E-state index is 6.22. The van der Waals surface area contributed by atoms with E-state index in [1.807, 2.05) is 54.6 Å². The minimum atomic E-state index is 0.398. The Hall–Kier alpha value is -1.42. The first-order chi connectivity index (χ1) is 13.5. The van der Waals surface area contributed by atoms with Crippen molar-refractivity contribution >= 4 is 46.4 Å². The van der Waals surface area contributed by atoms with Crippen LogP contribution in [0.3, 0.4) is 0 Å². The van der Waals surface area contributed by atoms with Crippen molar-refractivity contribution < 1.29 is 4.74 Å². The van der Waals surface area contributed by atoms with Crippen LogP contribution in [0.2, 0.25) is 20.1 Å². The van der Waals surface area contributed by atoms with Gasteiger partial charge in [0.25, 0.3) is 0 Å². The van der Waals surface area contributed by atoms with Crippen LogP contribution >= 0.6 is 46.4 Å². The zero-order valence-electron chi connectivity index (χ0n) is 15.0. The van der Waals surface area contributed by atoms with E-state index in [1.54, 1.807) is 6.07 Å². The summed E-state index contributed by atoms with van der Waals surface area (Å²) in [5.41, 5.74) is 2.98. The Morgan fingerprint density at radius 3 is 2.25 bits per heavy atom. The van der Waals surface area contributed by atoms with Crippen molar-refractivity contribution in [1.82, 2.24) is 5.32 Å². The fourth-order valence-electron chi connectivity index (χ4n) is 2.77. The standard InChI is InChI=1S/C22H19Cl4NO/c23-18-7-8-22(28-14-16-3-1-2-4-20(16)25)17(11-18)13-27-10-9-15-5-6-19(24)12-21(15)26/h1-8,11-12,27H,9-10,13-14H2. The molecule has 0 bridgehead atoms. The number of ether oxygens (including phenoxy) is 1. The largest absolute Gasteiger partial charge is 0.489 e. The predicted molar refractivity (Wildman–Crippen MR) is 119 cm³/mol.